The normalized spacial score (nSPS) is 10.9. The van der Waals surface area contributed by atoms with Gasteiger partial charge in [-0.1, -0.05) is 68.8 Å². The number of aryl methyl sites for hydroxylation is 1. The second kappa shape index (κ2) is 8.36. The molecule has 0 saturated carbocycles. The van der Waals surface area contributed by atoms with Crippen LogP contribution < -0.4 is 5.73 Å². The van der Waals surface area contributed by atoms with Crippen LogP contribution in [0.3, 0.4) is 0 Å². The molecule has 27 heavy (non-hydrogen) atoms. The first-order valence-corrected chi connectivity index (χ1v) is 9.55. The fraction of sp³-hybridized carbons (Fsp3) is 0.217. The van der Waals surface area contributed by atoms with Crippen molar-refractivity contribution in [2.45, 2.75) is 33.1 Å². The number of hydrogen-bond acceptors (Lipinski definition) is 3. The average Bonchev–Trinajstić information content (AvgIpc) is 2.68. The quantitative estimate of drug-likeness (QED) is 0.411. The van der Waals surface area contributed by atoms with E-state index >= 15 is 0 Å². The maximum Gasteiger partial charge on any atom is 0.136 e. The lowest BCUT2D eigenvalue weighted by molar-refractivity contribution is 0.876. The number of nitrogens with two attached hydrogens (primary N) is 1. The summed E-state index contributed by atoms with van der Waals surface area (Å²) in [6.07, 6.45) is 4.61. The molecule has 2 N–H and O–H groups in total. The molecule has 2 heterocycles. The second-order valence-corrected chi connectivity index (χ2v) is 7.16. The van der Waals surface area contributed by atoms with Gasteiger partial charge in [0.05, 0.1) is 0 Å². The minimum atomic E-state index is 0.511. The monoisotopic (exact) mass is 377 g/mol. The average molecular weight is 378 g/mol. The van der Waals surface area contributed by atoms with Gasteiger partial charge in [0.25, 0.3) is 0 Å². The lowest BCUT2D eigenvalue weighted by Crippen LogP contribution is -1.91. The Morgan fingerprint density at radius 3 is 2.48 bits per heavy atom. The van der Waals surface area contributed by atoms with Gasteiger partial charge in [0.15, 0.2) is 0 Å². The number of anilines is 1. The highest BCUT2D eigenvalue weighted by Gasteiger charge is 2.06. The summed E-state index contributed by atoms with van der Waals surface area (Å²) in [5, 5.41) is 5.22. The smallest absolute Gasteiger partial charge is 0.136 e. The predicted octanol–water partition coefficient (Wildman–Crippen LogP) is 6.39. The molecule has 0 aliphatic rings. The van der Waals surface area contributed by atoms with Crippen LogP contribution in [-0.2, 0) is 6.42 Å². The maximum atomic E-state index is 6.02. The van der Waals surface area contributed by atoms with E-state index in [0.29, 0.717) is 16.9 Å². The second-order valence-electron chi connectivity index (χ2n) is 6.80. The number of benzene rings is 2. The molecule has 0 radical (unpaired) electrons. The molecule has 0 aliphatic heterocycles. The maximum absolute atomic E-state index is 6.02. The molecular weight excluding hydrogens is 354 g/mol. The Hall–Kier alpha value is -2.65. The van der Waals surface area contributed by atoms with Gasteiger partial charge in [-0.2, -0.15) is 0 Å². The molecule has 4 rings (SSSR count). The Morgan fingerprint density at radius 2 is 1.74 bits per heavy atom. The van der Waals surface area contributed by atoms with Crippen molar-refractivity contribution < 1.29 is 0 Å². The Bertz CT molecular complexity index is 1070. The van der Waals surface area contributed by atoms with Crippen LogP contribution in [0.5, 0.6) is 0 Å². The number of fused-ring (bicyclic) bond motifs is 2. The van der Waals surface area contributed by atoms with Gasteiger partial charge in [-0.15, -0.1) is 0 Å². The molecule has 0 saturated heterocycles. The molecule has 2 aromatic heterocycles. The molecule has 4 heteroatoms. The lowest BCUT2D eigenvalue weighted by Gasteiger charge is -2.09. The van der Waals surface area contributed by atoms with E-state index in [4.69, 9.17) is 17.3 Å². The van der Waals surface area contributed by atoms with Crippen LogP contribution >= 0.6 is 11.6 Å². The Labute approximate surface area is 165 Å². The zero-order valence-corrected chi connectivity index (χ0v) is 16.7. The van der Waals surface area contributed by atoms with Crippen LogP contribution in [0.2, 0.25) is 5.15 Å². The molecule has 0 amide bonds. The highest BCUT2D eigenvalue weighted by atomic mass is 35.5. The number of nitrogens with zero attached hydrogens (tertiary/aromatic N) is 2. The summed E-state index contributed by atoms with van der Waals surface area (Å²) in [6.45, 7) is 6.51. The third kappa shape index (κ3) is 4.20. The number of rotatable bonds is 2. The zero-order chi connectivity index (χ0) is 19.4. The molecule has 0 unspecified atom stereocenters. The summed E-state index contributed by atoms with van der Waals surface area (Å²) < 4.78 is 0. The van der Waals surface area contributed by atoms with Crippen molar-refractivity contribution >= 4 is 39.0 Å². The molecule has 0 bridgehead atoms. The van der Waals surface area contributed by atoms with E-state index in [-0.39, 0.29) is 0 Å². The van der Waals surface area contributed by atoms with Crippen molar-refractivity contribution in [3.63, 3.8) is 0 Å². The van der Waals surface area contributed by atoms with Crippen molar-refractivity contribution in [1.29, 1.82) is 0 Å². The number of aromatic nitrogens is 2. The van der Waals surface area contributed by atoms with E-state index in [1.165, 1.54) is 21.9 Å². The molecule has 0 spiro atoms. The molecule has 3 nitrogen and oxygen atoms in total. The van der Waals surface area contributed by atoms with E-state index < -0.39 is 0 Å². The largest absolute Gasteiger partial charge is 0.384 e. The summed E-state index contributed by atoms with van der Waals surface area (Å²) >= 11 is 6.02. The predicted molar refractivity (Wildman–Crippen MR) is 116 cm³/mol. The Morgan fingerprint density at radius 1 is 0.963 bits per heavy atom. The van der Waals surface area contributed by atoms with Crippen LogP contribution in [0.1, 0.15) is 37.8 Å². The minimum absolute atomic E-state index is 0.511. The lowest BCUT2D eigenvalue weighted by atomic mass is 9.97. The third-order valence-electron chi connectivity index (χ3n) is 4.67. The zero-order valence-electron chi connectivity index (χ0n) is 15.9. The molecule has 0 aliphatic carbocycles. The molecular formula is C23H24ClN3. The van der Waals surface area contributed by atoms with Gasteiger partial charge in [-0.25, -0.2) is 9.97 Å². The van der Waals surface area contributed by atoms with E-state index in [2.05, 4.69) is 55.0 Å². The van der Waals surface area contributed by atoms with Gasteiger partial charge < -0.3 is 5.73 Å². The first-order chi connectivity index (χ1) is 13.0. The topological polar surface area (TPSA) is 51.8 Å². The number of hydrogen-bond donors (Lipinski definition) is 1. The van der Waals surface area contributed by atoms with Crippen molar-refractivity contribution in [3.05, 3.63) is 77.2 Å². The minimum Gasteiger partial charge on any atom is -0.384 e. The summed E-state index contributed by atoms with van der Waals surface area (Å²) in [5.74, 6) is 1.10. The number of pyridine rings is 2. The Kier molecular flexibility index (Phi) is 5.92. The van der Waals surface area contributed by atoms with Crippen LogP contribution in [-0.4, -0.2) is 9.97 Å². The fourth-order valence-corrected chi connectivity index (χ4v) is 3.48. The molecule has 4 aromatic rings. The van der Waals surface area contributed by atoms with Crippen molar-refractivity contribution in [2.75, 3.05) is 5.73 Å². The van der Waals surface area contributed by atoms with E-state index in [9.17, 15) is 0 Å². The van der Waals surface area contributed by atoms with Crippen molar-refractivity contribution in [1.82, 2.24) is 9.97 Å². The first-order valence-electron chi connectivity index (χ1n) is 9.17. The summed E-state index contributed by atoms with van der Waals surface area (Å²) in [5.41, 5.74) is 8.29. The Balaban J connectivity index is 0.000000156. The fourth-order valence-electron chi connectivity index (χ4n) is 3.26. The standard InChI is InChI=1S/C12H12ClN.C11H12N2/c1-8(2)9-4-3-5-11-10(9)6-7-14-12(11)13;1-2-8-4-3-5-9-7-13-11(12)6-10(8)9/h3-8H,1-2H3;3-7H,2H2,1H3,(H2,12,13). The van der Waals surface area contributed by atoms with Gasteiger partial charge in [-0.05, 0) is 46.4 Å². The number of halogens is 1. The summed E-state index contributed by atoms with van der Waals surface area (Å²) in [7, 11) is 0. The number of nitrogen functional groups attached to an aromatic ring is 1. The molecule has 138 valence electrons. The summed E-state index contributed by atoms with van der Waals surface area (Å²) in [4.78, 5) is 8.13. The van der Waals surface area contributed by atoms with E-state index in [0.717, 1.165) is 17.2 Å². The van der Waals surface area contributed by atoms with E-state index in [1.807, 2.05) is 30.5 Å². The molecule has 0 fully saturated rings. The van der Waals surface area contributed by atoms with Crippen molar-refractivity contribution in [2.24, 2.45) is 0 Å². The van der Waals surface area contributed by atoms with Gasteiger partial charge in [-0.3, -0.25) is 0 Å². The van der Waals surface area contributed by atoms with Gasteiger partial charge >= 0.3 is 0 Å². The van der Waals surface area contributed by atoms with Crippen LogP contribution in [0.4, 0.5) is 5.82 Å². The van der Waals surface area contributed by atoms with Crippen LogP contribution in [0, 0.1) is 0 Å². The summed E-state index contributed by atoms with van der Waals surface area (Å²) in [6, 6.07) is 16.4. The molecule has 0 atom stereocenters. The van der Waals surface area contributed by atoms with Gasteiger partial charge in [0.2, 0.25) is 0 Å². The van der Waals surface area contributed by atoms with E-state index in [1.54, 1.807) is 6.20 Å². The highest BCUT2D eigenvalue weighted by molar-refractivity contribution is 6.34. The van der Waals surface area contributed by atoms with Crippen LogP contribution in [0.25, 0.3) is 21.5 Å². The van der Waals surface area contributed by atoms with Gasteiger partial charge in [0.1, 0.15) is 11.0 Å². The highest BCUT2D eigenvalue weighted by Crippen LogP contribution is 2.28. The van der Waals surface area contributed by atoms with Gasteiger partial charge in [0, 0.05) is 23.2 Å². The SMILES string of the molecule is CC(C)c1cccc2c(Cl)nccc12.CCc1cccc2cnc(N)cc12. The first kappa shape index (κ1) is 19.1. The third-order valence-corrected chi connectivity index (χ3v) is 4.97. The molecule has 2 aromatic carbocycles. The van der Waals surface area contributed by atoms with Crippen molar-refractivity contribution in [3.8, 4) is 0 Å². The van der Waals surface area contributed by atoms with Crippen LogP contribution in [0.15, 0.2) is 60.9 Å².